The molecule has 0 bridgehead atoms. The van der Waals surface area contributed by atoms with Crippen molar-refractivity contribution in [1.82, 2.24) is 20.2 Å². The van der Waals surface area contributed by atoms with E-state index in [1.165, 1.54) is 5.56 Å². The first-order valence-corrected chi connectivity index (χ1v) is 9.65. The van der Waals surface area contributed by atoms with Gasteiger partial charge in [-0.2, -0.15) is 4.98 Å². The van der Waals surface area contributed by atoms with Crippen molar-refractivity contribution >= 4 is 17.7 Å². The Morgan fingerprint density at radius 2 is 1.88 bits per heavy atom. The maximum Gasteiger partial charge on any atom is 0.227 e. The quantitative estimate of drug-likeness (QED) is 0.866. The first-order valence-electron chi connectivity index (χ1n) is 9.65. The number of anilines is 2. The summed E-state index contributed by atoms with van der Waals surface area (Å²) in [5.41, 5.74) is 2.49. The molecular weight excluding hydrogens is 328 g/mol. The van der Waals surface area contributed by atoms with E-state index in [-0.39, 0.29) is 11.3 Å². The predicted octanol–water partition coefficient (Wildman–Crippen LogP) is 0.883. The number of hydrogen-bond acceptors (Lipinski definition) is 6. The summed E-state index contributed by atoms with van der Waals surface area (Å²) < 4.78 is 0. The molecule has 1 N–H and O–H groups in total. The minimum atomic E-state index is 0.231. The van der Waals surface area contributed by atoms with Gasteiger partial charge in [-0.3, -0.25) is 4.79 Å². The minimum Gasteiger partial charge on any atom is -0.362 e. The molecule has 1 aromatic heterocycles. The Morgan fingerprint density at radius 3 is 2.54 bits per heavy atom. The molecule has 26 heavy (non-hydrogen) atoms. The normalized spacial score (nSPS) is 23.5. The second-order valence-corrected chi connectivity index (χ2v) is 8.44. The molecule has 1 saturated carbocycles. The molecule has 1 spiro atoms. The molecule has 0 aromatic carbocycles. The number of carbonyl (C=O) groups excluding carboxylic acids is 1. The van der Waals surface area contributed by atoms with Gasteiger partial charge in [0.15, 0.2) is 0 Å². The predicted molar refractivity (Wildman–Crippen MR) is 102 cm³/mol. The number of rotatable bonds is 3. The van der Waals surface area contributed by atoms with E-state index in [1.807, 2.05) is 38.0 Å². The number of nitrogens with zero attached hydrogens (tertiary/aromatic N) is 5. The molecule has 2 fully saturated rings. The summed E-state index contributed by atoms with van der Waals surface area (Å²) in [5, 5.41) is 3.41. The second kappa shape index (κ2) is 6.37. The Hall–Kier alpha value is -1.89. The molecule has 1 unspecified atom stereocenters. The minimum absolute atomic E-state index is 0.231. The van der Waals surface area contributed by atoms with Gasteiger partial charge in [-0.05, 0) is 44.2 Å². The van der Waals surface area contributed by atoms with Crippen LogP contribution in [0.2, 0.25) is 0 Å². The molecule has 7 nitrogen and oxygen atoms in total. The van der Waals surface area contributed by atoms with E-state index in [4.69, 9.17) is 9.97 Å². The number of nitrogens with one attached hydrogen (secondary N) is 1. The van der Waals surface area contributed by atoms with Gasteiger partial charge in [0.25, 0.3) is 0 Å². The van der Waals surface area contributed by atoms with Crippen LogP contribution in [0.1, 0.15) is 30.5 Å². The van der Waals surface area contributed by atoms with Gasteiger partial charge in [-0.25, -0.2) is 4.98 Å². The summed E-state index contributed by atoms with van der Waals surface area (Å²) in [7, 11) is 7.95. The third-order valence-corrected chi connectivity index (χ3v) is 6.25. The monoisotopic (exact) mass is 358 g/mol. The number of carbonyl (C=O) groups is 1. The molecule has 142 valence electrons. The lowest BCUT2D eigenvalue weighted by molar-refractivity contribution is -0.134. The van der Waals surface area contributed by atoms with Crippen LogP contribution in [0.25, 0.3) is 0 Å². The van der Waals surface area contributed by atoms with Crippen LogP contribution in [0, 0.1) is 11.3 Å². The van der Waals surface area contributed by atoms with Gasteiger partial charge in [0.2, 0.25) is 11.9 Å². The van der Waals surface area contributed by atoms with E-state index in [1.54, 1.807) is 0 Å². The third-order valence-electron chi connectivity index (χ3n) is 6.25. The average molecular weight is 358 g/mol. The molecule has 7 heteroatoms. The lowest BCUT2D eigenvalue weighted by Crippen LogP contribution is -2.40. The summed E-state index contributed by atoms with van der Waals surface area (Å²) in [6.07, 6.45) is 4.20. The molecule has 4 rings (SSSR count). The average Bonchev–Trinajstić information content (AvgIpc) is 3.32. The van der Waals surface area contributed by atoms with E-state index in [0.29, 0.717) is 18.4 Å². The van der Waals surface area contributed by atoms with Crippen LogP contribution >= 0.6 is 0 Å². The number of amides is 1. The topological polar surface area (TPSA) is 64.6 Å². The highest BCUT2D eigenvalue weighted by Crippen LogP contribution is 2.59. The summed E-state index contributed by atoms with van der Waals surface area (Å²) in [5.74, 6) is 2.26. The molecule has 2 aliphatic heterocycles. The molecular formula is C19H30N6O. The Labute approximate surface area is 155 Å². The fraction of sp³-hybridized carbons (Fsp3) is 0.737. The largest absolute Gasteiger partial charge is 0.362 e. The van der Waals surface area contributed by atoms with Crippen LogP contribution < -0.4 is 15.1 Å². The molecule has 1 atom stereocenters. The lowest BCUT2D eigenvalue weighted by Gasteiger charge is -2.32. The van der Waals surface area contributed by atoms with Crippen molar-refractivity contribution in [3.8, 4) is 0 Å². The Bertz CT molecular complexity index is 710. The third kappa shape index (κ3) is 2.92. The van der Waals surface area contributed by atoms with Crippen LogP contribution in [-0.2, 0) is 17.8 Å². The zero-order valence-corrected chi connectivity index (χ0v) is 16.4. The van der Waals surface area contributed by atoms with E-state index < -0.39 is 0 Å². The van der Waals surface area contributed by atoms with Crippen molar-refractivity contribution in [2.45, 2.75) is 32.2 Å². The van der Waals surface area contributed by atoms with Crippen LogP contribution in [-0.4, -0.2) is 68.6 Å². The van der Waals surface area contributed by atoms with E-state index in [0.717, 1.165) is 56.8 Å². The Balaban J connectivity index is 1.55. The van der Waals surface area contributed by atoms with Gasteiger partial charge in [0, 0.05) is 46.2 Å². The summed E-state index contributed by atoms with van der Waals surface area (Å²) >= 11 is 0. The smallest absolute Gasteiger partial charge is 0.227 e. The maximum absolute atomic E-state index is 13.1. The number of aromatic nitrogens is 2. The Kier molecular flexibility index (Phi) is 4.29. The summed E-state index contributed by atoms with van der Waals surface area (Å²) in [4.78, 5) is 28.6. The van der Waals surface area contributed by atoms with Crippen molar-refractivity contribution in [1.29, 1.82) is 0 Å². The fourth-order valence-corrected chi connectivity index (χ4v) is 4.55. The van der Waals surface area contributed by atoms with E-state index >= 15 is 0 Å². The number of piperidine rings is 1. The molecule has 1 saturated heterocycles. The maximum atomic E-state index is 13.1. The zero-order valence-electron chi connectivity index (χ0n) is 16.4. The highest BCUT2D eigenvalue weighted by Gasteiger charge is 2.58. The van der Waals surface area contributed by atoms with Gasteiger partial charge >= 0.3 is 0 Å². The van der Waals surface area contributed by atoms with Crippen molar-refractivity contribution in [2.24, 2.45) is 11.3 Å². The van der Waals surface area contributed by atoms with E-state index in [2.05, 4.69) is 10.2 Å². The first-order chi connectivity index (χ1) is 12.4. The van der Waals surface area contributed by atoms with Gasteiger partial charge in [-0.15, -0.1) is 0 Å². The summed E-state index contributed by atoms with van der Waals surface area (Å²) in [6.45, 7) is 3.50. The number of hydrogen-bond donors (Lipinski definition) is 1. The highest BCUT2D eigenvalue weighted by atomic mass is 16.2. The van der Waals surface area contributed by atoms with Crippen LogP contribution in [0.4, 0.5) is 11.8 Å². The zero-order chi connectivity index (χ0) is 18.5. The van der Waals surface area contributed by atoms with Gasteiger partial charge in [-0.1, -0.05) is 0 Å². The molecule has 0 radical (unpaired) electrons. The molecule has 1 aromatic rings. The van der Waals surface area contributed by atoms with E-state index in [9.17, 15) is 4.79 Å². The highest BCUT2D eigenvalue weighted by molar-refractivity contribution is 5.83. The first kappa shape index (κ1) is 17.5. The molecule has 3 aliphatic rings. The van der Waals surface area contributed by atoms with Gasteiger partial charge in [0.05, 0.1) is 12.2 Å². The van der Waals surface area contributed by atoms with Gasteiger partial charge in [0.1, 0.15) is 5.82 Å². The molecule has 3 heterocycles. The van der Waals surface area contributed by atoms with Crippen molar-refractivity contribution in [3.63, 3.8) is 0 Å². The van der Waals surface area contributed by atoms with Crippen LogP contribution in [0.15, 0.2) is 0 Å². The van der Waals surface area contributed by atoms with Crippen molar-refractivity contribution < 1.29 is 4.79 Å². The van der Waals surface area contributed by atoms with Gasteiger partial charge < -0.3 is 20.0 Å². The van der Waals surface area contributed by atoms with Crippen LogP contribution in [0.5, 0.6) is 0 Å². The van der Waals surface area contributed by atoms with Crippen molar-refractivity contribution in [3.05, 3.63) is 11.3 Å². The second-order valence-electron chi connectivity index (χ2n) is 8.44. The SMILES string of the molecule is CN(C)c1nc2c(c(N(C)C)n1)CCN(C(=O)C1CC13CCNCC3)C2. The molecule has 1 amide bonds. The standard InChI is InChI=1S/C19H30N6O/c1-23(2)16-13-5-10-25(12-15(13)21-18(22-16)24(3)4)17(26)14-11-19(14)6-8-20-9-7-19/h14,20H,5-12H2,1-4H3. The molecule has 1 aliphatic carbocycles. The summed E-state index contributed by atoms with van der Waals surface area (Å²) in [6, 6.07) is 0. The van der Waals surface area contributed by atoms with Crippen LogP contribution in [0.3, 0.4) is 0 Å². The Morgan fingerprint density at radius 1 is 1.15 bits per heavy atom. The lowest BCUT2D eigenvalue weighted by atomic mass is 9.91. The van der Waals surface area contributed by atoms with Crippen molar-refractivity contribution in [2.75, 3.05) is 57.6 Å². The fourth-order valence-electron chi connectivity index (χ4n) is 4.55. The number of fused-ring (bicyclic) bond motifs is 1.